The summed E-state index contributed by atoms with van der Waals surface area (Å²) in [6.45, 7) is -0.357. The third kappa shape index (κ3) is 4.92. The topological polar surface area (TPSA) is 101 Å². The maximum atomic E-state index is 14.1. The van der Waals surface area contributed by atoms with Crippen LogP contribution in [0.25, 0.3) is 5.65 Å². The molecule has 0 aromatic carbocycles. The van der Waals surface area contributed by atoms with E-state index in [1.54, 1.807) is 0 Å². The highest BCUT2D eigenvalue weighted by Crippen LogP contribution is 2.33. The van der Waals surface area contributed by atoms with Gasteiger partial charge in [-0.25, -0.2) is 13.8 Å². The van der Waals surface area contributed by atoms with Crippen molar-refractivity contribution in [1.82, 2.24) is 19.3 Å². The quantitative estimate of drug-likeness (QED) is 0.606. The zero-order chi connectivity index (χ0) is 24.9. The summed E-state index contributed by atoms with van der Waals surface area (Å²) in [5, 5.41) is 4.92. The molecule has 1 saturated heterocycles. The van der Waals surface area contributed by atoms with Crippen molar-refractivity contribution < 1.29 is 31.5 Å². The van der Waals surface area contributed by atoms with E-state index < -0.39 is 48.3 Å². The number of rotatable bonds is 3. The van der Waals surface area contributed by atoms with Crippen LogP contribution in [0.2, 0.25) is 0 Å². The lowest BCUT2D eigenvalue weighted by atomic mass is 9.92. The summed E-state index contributed by atoms with van der Waals surface area (Å²) in [5.74, 6) is -3.11. The third-order valence-corrected chi connectivity index (χ3v) is 5.90. The lowest BCUT2D eigenvalue weighted by Crippen LogP contribution is -2.44. The van der Waals surface area contributed by atoms with Crippen LogP contribution >= 0.6 is 12.4 Å². The second-order valence-electron chi connectivity index (χ2n) is 8.47. The van der Waals surface area contributed by atoms with Gasteiger partial charge >= 0.3 is 6.18 Å². The molecule has 0 saturated carbocycles. The highest BCUT2D eigenvalue weighted by atomic mass is 35.5. The number of nitrogens with two attached hydrogens (primary N) is 1. The monoisotopic (exact) mass is 533 g/mol. The van der Waals surface area contributed by atoms with Gasteiger partial charge in [-0.1, -0.05) is 0 Å². The lowest BCUT2D eigenvalue weighted by Gasteiger charge is -2.28. The van der Waals surface area contributed by atoms with Crippen LogP contribution in [0.15, 0.2) is 40.3 Å². The predicted octanol–water partition coefficient (Wildman–Crippen LogP) is 1.76. The van der Waals surface area contributed by atoms with Crippen LogP contribution in [0.5, 0.6) is 0 Å². The molecule has 3 aliphatic rings. The van der Waals surface area contributed by atoms with Crippen molar-refractivity contribution in [2.24, 2.45) is 21.7 Å². The van der Waals surface area contributed by atoms with Crippen molar-refractivity contribution in [3.63, 3.8) is 0 Å². The Kier molecular flexibility index (Phi) is 7.03. The Morgan fingerprint density at radius 3 is 2.81 bits per heavy atom. The fourth-order valence-electron chi connectivity index (χ4n) is 4.39. The minimum absolute atomic E-state index is 0. The Morgan fingerprint density at radius 1 is 1.28 bits per heavy atom. The summed E-state index contributed by atoms with van der Waals surface area (Å²) in [6.07, 6.45) is 0.248. The van der Waals surface area contributed by atoms with E-state index in [1.807, 2.05) is 0 Å². The summed E-state index contributed by atoms with van der Waals surface area (Å²) in [4.78, 5) is 22.6. The number of nitrogens with zero attached hydrogens (tertiary/aromatic N) is 6. The molecule has 0 radical (unpaired) electrons. The van der Waals surface area contributed by atoms with Crippen molar-refractivity contribution in [2.45, 2.75) is 18.3 Å². The van der Waals surface area contributed by atoms with Gasteiger partial charge in [-0.3, -0.25) is 19.2 Å². The van der Waals surface area contributed by atoms with Gasteiger partial charge in [0, 0.05) is 37.6 Å². The molecule has 2 N–H and O–H groups in total. The highest BCUT2D eigenvalue weighted by Gasteiger charge is 2.44. The van der Waals surface area contributed by atoms with Crippen LogP contribution in [0.4, 0.5) is 22.0 Å². The minimum atomic E-state index is -4.59. The van der Waals surface area contributed by atoms with E-state index in [9.17, 15) is 26.7 Å². The average molecular weight is 534 g/mol. The summed E-state index contributed by atoms with van der Waals surface area (Å²) in [5.41, 5.74) is 5.88. The molecule has 2 aromatic heterocycles. The molecule has 5 rings (SSSR count). The molecule has 2 aromatic rings. The maximum absolute atomic E-state index is 14.1. The molecular formula is C21H21ClF5N7O2. The largest absolute Gasteiger partial charge is 0.407 e. The van der Waals surface area contributed by atoms with Crippen molar-refractivity contribution in [1.29, 1.82) is 0 Å². The number of hydrogen-bond acceptors (Lipinski definition) is 7. The number of hydrogen-bond donors (Lipinski definition) is 1. The molecule has 36 heavy (non-hydrogen) atoms. The number of alkyl halides is 3. The van der Waals surface area contributed by atoms with E-state index in [1.165, 1.54) is 23.4 Å². The first-order valence-corrected chi connectivity index (χ1v) is 10.7. The number of hydrazone groups is 1. The van der Waals surface area contributed by atoms with Gasteiger partial charge in [0.2, 0.25) is 0 Å². The first-order chi connectivity index (χ1) is 16.6. The Morgan fingerprint density at radius 2 is 2.06 bits per heavy atom. The first-order valence-electron chi connectivity index (χ1n) is 10.7. The fraction of sp³-hybridized carbons (Fsp3) is 0.429. The zero-order valence-corrected chi connectivity index (χ0v) is 19.3. The van der Waals surface area contributed by atoms with Gasteiger partial charge < -0.3 is 15.4 Å². The van der Waals surface area contributed by atoms with E-state index in [0.29, 0.717) is 6.07 Å². The van der Waals surface area contributed by atoms with Crippen molar-refractivity contribution in [2.75, 3.05) is 32.8 Å². The minimum Gasteiger partial charge on any atom is -0.378 e. The van der Waals surface area contributed by atoms with Crippen LogP contribution < -0.4 is 5.73 Å². The number of carbonyl (C=O) groups is 1. The van der Waals surface area contributed by atoms with Crippen LogP contribution in [0.3, 0.4) is 0 Å². The predicted molar refractivity (Wildman–Crippen MR) is 121 cm³/mol. The van der Waals surface area contributed by atoms with Gasteiger partial charge in [0.1, 0.15) is 18.1 Å². The molecule has 1 amide bonds. The van der Waals surface area contributed by atoms with E-state index in [-0.39, 0.29) is 61.5 Å². The fourth-order valence-corrected chi connectivity index (χ4v) is 4.39. The second-order valence-corrected chi connectivity index (χ2v) is 8.47. The normalized spacial score (nSPS) is 24.2. The van der Waals surface area contributed by atoms with E-state index in [2.05, 4.69) is 15.1 Å². The Labute approximate surface area is 207 Å². The Balaban J connectivity index is 0.00000304. The molecule has 9 nitrogen and oxygen atoms in total. The van der Waals surface area contributed by atoms with Gasteiger partial charge in [0.15, 0.2) is 11.5 Å². The Bertz CT molecular complexity index is 1260. The highest BCUT2D eigenvalue weighted by molar-refractivity contribution is 6.12. The third-order valence-electron chi connectivity index (χ3n) is 5.90. The lowest BCUT2D eigenvalue weighted by molar-refractivity contribution is -0.148. The first kappa shape index (κ1) is 26.0. The number of ether oxygens (including phenoxy) is 1. The molecule has 0 spiro atoms. The number of imidazole rings is 1. The van der Waals surface area contributed by atoms with Crippen LogP contribution in [-0.2, 0) is 9.53 Å². The van der Waals surface area contributed by atoms with Gasteiger partial charge in [-0.05, 0) is 6.08 Å². The molecule has 3 atom stereocenters. The molecular weight excluding hydrogens is 513 g/mol. The second kappa shape index (κ2) is 9.75. The zero-order valence-electron chi connectivity index (χ0n) is 18.5. The van der Waals surface area contributed by atoms with E-state index >= 15 is 0 Å². The van der Waals surface area contributed by atoms with Gasteiger partial charge in [0.25, 0.3) is 5.91 Å². The van der Waals surface area contributed by atoms with Crippen molar-refractivity contribution in [3.8, 4) is 0 Å². The number of pyridine rings is 1. The van der Waals surface area contributed by atoms with Gasteiger partial charge in [-0.2, -0.15) is 18.3 Å². The summed E-state index contributed by atoms with van der Waals surface area (Å²) < 4.78 is 74.5. The van der Waals surface area contributed by atoms with Gasteiger partial charge in [-0.15, -0.1) is 12.4 Å². The van der Waals surface area contributed by atoms with Crippen LogP contribution in [0.1, 0.15) is 5.69 Å². The SMILES string of the molecule is Cl.NC1COCCN(C(=O)C2=CC3C(C=N2)C(c2cnc4c(F)cc(F)cn24)=NN3CC(F)(F)F)C1. The molecule has 0 aliphatic carbocycles. The number of aromatic nitrogens is 2. The summed E-state index contributed by atoms with van der Waals surface area (Å²) in [7, 11) is 0. The molecule has 3 aliphatic heterocycles. The molecule has 15 heteroatoms. The standard InChI is InChI=1S/C21H20F5N7O2.ClH/c22-11-3-14(23)19-29-6-17(32(19)7-11)18-13-5-28-15(4-16(13)33(30-18)10-21(24,25)26)20(34)31-1-2-35-9-12(27)8-31;/h3-7,12-13,16H,1-2,8-10,27H2;1H. The van der Waals surface area contributed by atoms with E-state index in [4.69, 9.17) is 10.5 Å². The van der Waals surface area contributed by atoms with E-state index in [0.717, 1.165) is 15.6 Å². The van der Waals surface area contributed by atoms with Gasteiger partial charge in [0.05, 0.1) is 42.8 Å². The average Bonchev–Trinajstić information content (AvgIpc) is 3.27. The number of halogens is 6. The number of amides is 1. The molecule has 5 heterocycles. The summed E-state index contributed by atoms with van der Waals surface area (Å²) in [6, 6.07) is -0.741. The van der Waals surface area contributed by atoms with Crippen molar-refractivity contribution >= 4 is 35.9 Å². The van der Waals surface area contributed by atoms with Crippen molar-refractivity contribution in [3.05, 3.63) is 47.6 Å². The number of aliphatic imine (C=N–C) groups is 1. The van der Waals surface area contributed by atoms with Crippen LogP contribution in [0, 0.1) is 17.6 Å². The molecule has 194 valence electrons. The van der Waals surface area contributed by atoms with Crippen LogP contribution in [-0.4, -0.2) is 88.2 Å². The molecule has 1 fully saturated rings. The molecule has 3 unspecified atom stereocenters. The maximum Gasteiger partial charge on any atom is 0.407 e. The smallest absolute Gasteiger partial charge is 0.378 e. The molecule has 0 bridgehead atoms. The summed E-state index contributed by atoms with van der Waals surface area (Å²) >= 11 is 0. The number of carbonyl (C=O) groups excluding carboxylic acids is 1. The number of fused-ring (bicyclic) bond motifs is 2. The Hall–Kier alpha value is -3.10.